The number of hydrogen-bond acceptors (Lipinski definition) is 8. The molecule has 8 nitrogen and oxygen atoms in total. The predicted molar refractivity (Wildman–Crippen MR) is 107 cm³/mol. The van der Waals surface area contributed by atoms with Gasteiger partial charge in [-0.3, -0.25) is 10.1 Å². The lowest BCUT2D eigenvalue weighted by Gasteiger charge is -2.35. The van der Waals surface area contributed by atoms with Crippen molar-refractivity contribution in [3.63, 3.8) is 0 Å². The minimum atomic E-state index is -4.35. The molecule has 0 aliphatic carbocycles. The van der Waals surface area contributed by atoms with Gasteiger partial charge in [0.25, 0.3) is 0 Å². The summed E-state index contributed by atoms with van der Waals surface area (Å²) >= 11 is -0.198. The minimum absolute atomic E-state index is 0.0468. The normalized spacial score (nSPS) is 19.6. The maximum Gasteiger partial charge on any atom is 0.446 e. The van der Waals surface area contributed by atoms with Crippen LogP contribution in [0.1, 0.15) is 19.4 Å². The van der Waals surface area contributed by atoms with E-state index in [4.69, 9.17) is 4.74 Å². The van der Waals surface area contributed by atoms with Gasteiger partial charge in [-0.2, -0.15) is 13.2 Å². The second kappa shape index (κ2) is 9.04. The van der Waals surface area contributed by atoms with Crippen LogP contribution in [-0.4, -0.2) is 45.7 Å². The van der Waals surface area contributed by atoms with Crippen molar-refractivity contribution in [1.82, 2.24) is 9.97 Å². The summed E-state index contributed by atoms with van der Waals surface area (Å²) in [5.74, 6) is 0.252. The molecule has 1 aliphatic heterocycles. The maximum absolute atomic E-state index is 12.4. The third kappa shape index (κ3) is 5.72. The molecule has 1 aliphatic rings. The molecule has 2 aromatic rings. The number of alkyl halides is 3. The lowest BCUT2D eigenvalue weighted by atomic mass is 10.2. The third-order valence-corrected chi connectivity index (χ3v) is 5.06. The topological polar surface area (TPSA) is 93.4 Å². The van der Waals surface area contributed by atoms with Gasteiger partial charge in [0, 0.05) is 24.5 Å². The number of nitrogens with one attached hydrogen (secondary N) is 1. The van der Waals surface area contributed by atoms with Gasteiger partial charge in [-0.05, 0) is 43.3 Å². The van der Waals surface area contributed by atoms with Gasteiger partial charge in [-0.15, -0.1) is 0 Å². The molecule has 12 heteroatoms. The first-order valence-corrected chi connectivity index (χ1v) is 9.92. The van der Waals surface area contributed by atoms with E-state index in [0.29, 0.717) is 18.7 Å². The maximum atomic E-state index is 12.4. The molecule has 2 unspecified atom stereocenters. The number of aromatic nitrogens is 2. The highest BCUT2D eigenvalue weighted by molar-refractivity contribution is 8.00. The van der Waals surface area contributed by atoms with Crippen molar-refractivity contribution < 1.29 is 22.8 Å². The third-order valence-electron chi connectivity index (χ3n) is 4.32. The van der Waals surface area contributed by atoms with Crippen LogP contribution in [0.4, 0.5) is 30.5 Å². The monoisotopic (exact) mass is 443 g/mol. The van der Waals surface area contributed by atoms with E-state index in [-0.39, 0.29) is 52.7 Å². The average molecular weight is 443 g/mol. The minimum Gasteiger partial charge on any atom is -0.372 e. The second-order valence-corrected chi connectivity index (χ2v) is 8.00. The van der Waals surface area contributed by atoms with Gasteiger partial charge in [0.2, 0.25) is 11.6 Å². The summed E-state index contributed by atoms with van der Waals surface area (Å²) in [7, 11) is 0. The fourth-order valence-corrected chi connectivity index (χ4v) is 3.78. The predicted octanol–water partition coefficient (Wildman–Crippen LogP) is 4.22. The quantitative estimate of drug-likeness (QED) is 0.403. The van der Waals surface area contributed by atoms with E-state index < -0.39 is 10.4 Å². The van der Waals surface area contributed by atoms with Gasteiger partial charge in [0.1, 0.15) is 6.33 Å². The van der Waals surface area contributed by atoms with Crippen molar-refractivity contribution in [3.8, 4) is 0 Å². The van der Waals surface area contributed by atoms with Crippen molar-refractivity contribution in [2.75, 3.05) is 23.3 Å². The molecule has 0 amide bonds. The van der Waals surface area contributed by atoms with Crippen LogP contribution in [0.2, 0.25) is 0 Å². The van der Waals surface area contributed by atoms with Gasteiger partial charge in [-0.1, -0.05) is 12.1 Å². The standard InChI is InChI=1S/C18H20F3N5O3S/c1-11-8-25(9-12(2)29-11)17-15(26(27)28)16(23-10-24-17)22-7-13-3-5-14(6-4-13)30-18(19,20)21/h3-6,10-12H,7-9H2,1-2H3,(H,22,23,24). The first kappa shape index (κ1) is 22.1. The van der Waals surface area contributed by atoms with Gasteiger partial charge in [-0.25, -0.2) is 9.97 Å². The number of thioether (sulfide) groups is 1. The van der Waals surface area contributed by atoms with Gasteiger partial charge >= 0.3 is 11.2 Å². The SMILES string of the molecule is CC1CN(c2ncnc(NCc3ccc(SC(F)(F)F)cc3)c2[N+](=O)[O-])CC(C)O1. The number of rotatable bonds is 6. The average Bonchev–Trinajstić information content (AvgIpc) is 2.65. The van der Waals surface area contributed by atoms with Crippen molar-refractivity contribution in [2.45, 2.75) is 43.0 Å². The number of morpholine rings is 1. The van der Waals surface area contributed by atoms with Crippen molar-refractivity contribution in [2.24, 2.45) is 0 Å². The Bertz CT molecular complexity index is 888. The summed E-state index contributed by atoms with van der Waals surface area (Å²) in [4.78, 5) is 21.2. The fourth-order valence-electron chi connectivity index (χ4n) is 3.24. The zero-order valence-corrected chi connectivity index (χ0v) is 17.0. The number of halogens is 3. The molecule has 162 valence electrons. The Morgan fingerprint density at radius 2 is 1.87 bits per heavy atom. The van der Waals surface area contributed by atoms with E-state index in [2.05, 4.69) is 15.3 Å². The Morgan fingerprint density at radius 1 is 1.23 bits per heavy atom. The molecular weight excluding hydrogens is 423 g/mol. The Labute approximate surface area is 175 Å². The molecule has 2 atom stereocenters. The largest absolute Gasteiger partial charge is 0.446 e. The van der Waals surface area contributed by atoms with Crippen LogP contribution in [0.15, 0.2) is 35.5 Å². The molecule has 30 heavy (non-hydrogen) atoms. The van der Waals surface area contributed by atoms with E-state index in [1.54, 1.807) is 4.90 Å². The molecule has 1 fully saturated rings. The van der Waals surface area contributed by atoms with Crippen LogP contribution in [0.3, 0.4) is 0 Å². The zero-order chi connectivity index (χ0) is 21.9. The fraction of sp³-hybridized carbons (Fsp3) is 0.444. The summed E-state index contributed by atoms with van der Waals surface area (Å²) in [6, 6.07) is 5.76. The molecule has 1 aromatic carbocycles. The molecule has 0 saturated carbocycles. The second-order valence-electron chi connectivity index (χ2n) is 6.86. The van der Waals surface area contributed by atoms with Crippen molar-refractivity contribution in [1.29, 1.82) is 0 Å². The smallest absolute Gasteiger partial charge is 0.372 e. The zero-order valence-electron chi connectivity index (χ0n) is 16.2. The molecule has 1 aromatic heterocycles. The Balaban J connectivity index is 1.77. The number of ether oxygens (including phenoxy) is 1. The highest BCUT2D eigenvalue weighted by Crippen LogP contribution is 2.37. The van der Waals surface area contributed by atoms with Crippen LogP contribution >= 0.6 is 11.8 Å². The molecule has 1 saturated heterocycles. The molecule has 0 spiro atoms. The molecule has 0 radical (unpaired) electrons. The lowest BCUT2D eigenvalue weighted by molar-refractivity contribution is -0.383. The van der Waals surface area contributed by atoms with Crippen LogP contribution in [0, 0.1) is 10.1 Å². The molecule has 0 bridgehead atoms. The highest BCUT2D eigenvalue weighted by atomic mass is 32.2. The van der Waals surface area contributed by atoms with Crippen LogP contribution < -0.4 is 10.2 Å². The Hall–Kier alpha value is -2.60. The molecule has 3 rings (SSSR count). The van der Waals surface area contributed by atoms with Gasteiger partial charge in [0.15, 0.2) is 0 Å². The van der Waals surface area contributed by atoms with Crippen LogP contribution in [0.25, 0.3) is 0 Å². The molecule has 1 N–H and O–H groups in total. The van der Waals surface area contributed by atoms with Gasteiger partial charge in [0.05, 0.1) is 17.1 Å². The number of anilines is 2. The Morgan fingerprint density at radius 3 is 2.43 bits per heavy atom. The van der Waals surface area contributed by atoms with Crippen LogP contribution in [-0.2, 0) is 11.3 Å². The Kier molecular flexibility index (Phi) is 6.66. The lowest BCUT2D eigenvalue weighted by Crippen LogP contribution is -2.46. The van der Waals surface area contributed by atoms with Crippen molar-refractivity contribution >= 4 is 29.1 Å². The molecular formula is C18H20F3N5O3S. The van der Waals surface area contributed by atoms with E-state index in [1.807, 2.05) is 13.8 Å². The number of hydrogen-bond donors (Lipinski definition) is 1. The summed E-state index contributed by atoms with van der Waals surface area (Å²) in [6.07, 6.45) is 1.04. The first-order chi connectivity index (χ1) is 14.1. The van der Waals surface area contributed by atoms with Crippen molar-refractivity contribution in [3.05, 3.63) is 46.3 Å². The van der Waals surface area contributed by atoms with E-state index in [9.17, 15) is 23.3 Å². The van der Waals surface area contributed by atoms with Crippen LogP contribution in [0.5, 0.6) is 0 Å². The summed E-state index contributed by atoms with van der Waals surface area (Å²) in [6.45, 7) is 4.84. The summed E-state index contributed by atoms with van der Waals surface area (Å²) in [5, 5.41) is 14.7. The number of nitro groups is 1. The number of nitrogens with zero attached hydrogens (tertiary/aromatic N) is 4. The molecule has 2 heterocycles. The summed E-state index contributed by atoms with van der Waals surface area (Å²) < 4.78 is 43.0. The van der Waals surface area contributed by atoms with E-state index in [1.165, 1.54) is 30.6 Å². The van der Waals surface area contributed by atoms with E-state index >= 15 is 0 Å². The van der Waals surface area contributed by atoms with E-state index in [0.717, 1.165) is 0 Å². The summed E-state index contributed by atoms with van der Waals surface area (Å²) in [5.41, 5.74) is -3.95. The van der Waals surface area contributed by atoms with Gasteiger partial charge < -0.3 is 15.0 Å². The number of benzene rings is 1. The highest BCUT2D eigenvalue weighted by Gasteiger charge is 2.32. The first-order valence-electron chi connectivity index (χ1n) is 9.10.